The molecule has 98 valence electrons. The Kier molecular flexibility index (Phi) is 3.07. The van der Waals surface area contributed by atoms with E-state index >= 15 is 0 Å². The Hall–Kier alpha value is -1.74. The molecular weight excluding hydrogens is 244 g/mol. The molecule has 2 atom stereocenters. The molecule has 3 rings (SSSR count). The molecular formula is C16H15F2N. The van der Waals surface area contributed by atoms with Gasteiger partial charge in [0, 0.05) is 6.04 Å². The Morgan fingerprint density at radius 2 is 1.68 bits per heavy atom. The summed E-state index contributed by atoms with van der Waals surface area (Å²) in [5.41, 5.74) is 3.06. The van der Waals surface area contributed by atoms with E-state index in [0.717, 1.165) is 23.1 Å². The Bertz CT molecular complexity index is 592. The van der Waals surface area contributed by atoms with Crippen molar-refractivity contribution in [2.45, 2.75) is 25.4 Å². The van der Waals surface area contributed by atoms with Crippen LogP contribution < -0.4 is 5.32 Å². The van der Waals surface area contributed by atoms with E-state index in [-0.39, 0.29) is 17.7 Å². The fourth-order valence-corrected chi connectivity index (χ4v) is 2.71. The zero-order valence-electron chi connectivity index (χ0n) is 10.7. The van der Waals surface area contributed by atoms with Crippen LogP contribution in [0.25, 0.3) is 0 Å². The lowest BCUT2D eigenvalue weighted by Crippen LogP contribution is -2.38. The van der Waals surface area contributed by atoms with Gasteiger partial charge in [0.15, 0.2) is 0 Å². The van der Waals surface area contributed by atoms with Gasteiger partial charge in [0.25, 0.3) is 0 Å². The van der Waals surface area contributed by atoms with Crippen LogP contribution in [0.15, 0.2) is 42.5 Å². The SMILES string of the molecule is CC1Cc2ccc(F)cc2C(c2ccc(F)cc2)N1. The van der Waals surface area contributed by atoms with Crippen LogP contribution in [0.2, 0.25) is 0 Å². The van der Waals surface area contributed by atoms with Crippen molar-refractivity contribution in [2.24, 2.45) is 0 Å². The first-order valence-corrected chi connectivity index (χ1v) is 6.43. The molecule has 0 saturated heterocycles. The van der Waals surface area contributed by atoms with Gasteiger partial charge in [-0.2, -0.15) is 0 Å². The summed E-state index contributed by atoms with van der Waals surface area (Å²) in [7, 11) is 0. The van der Waals surface area contributed by atoms with E-state index in [1.165, 1.54) is 18.2 Å². The van der Waals surface area contributed by atoms with Gasteiger partial charge in [-0.1, -0.05) is 18.2 Å². The van der Waals surface area contributed by atoms with Crippen molar-refractivity contribution in [1.29, 1.82) is 0 Å². The first-order valence-electron chi connectivity index (χ1n) is 6.43. The van der Waals surface area contributed by atoms with Crippen molar-refractivity contribution in [3.05, 3.63) is 70.8 Å². The molecule has 1 heterocycles. The molecule has 0 saturated carbocycles. The van der Waals surface area contributed by atoms with E-state index in [0.29, 0.717) is 6.04 Å². The molecule has 1 aliphatic heterocycles. The minimum absolute atomic E-state index is 0.0740. The molecule has 1 N–H and O–H groups in total. The minimum atomic E-state index is -0.257. The lowest BCUT2D eigenvalue weighted by molar-refractivity contribution is 0.460. The van der Waals surface area contributed by atoms with Crippen LogP contribution in [0, 0.1) is 11.6 Å². The van der Waals surface area contributed by atoms with Crippen LogP contribution in [-0.4, -0.2) is 6.04 Å². The average Bonchev–Trinajstić information content (AvgIpc) is 2.39. The van der Waals surface area contributed by atoms with Crippen molar-refractivity contribution < 1.29 is 8.78 Å². The van der Waals surface area contributed by atoms with Crippen LogP contribution in [0.5, 0.6) is 0 Å². The quantitative estimate of drug-likeness (QED) is 0.825. The number of fused-ring (bicyclic) bond motifs is 1. The predicted octanol–water partition coefficient (Wildman–Crippen LogP) is 3.59. The van der Waals surface area contributed by atoms with Gasteiger partial charge in [0.2, 0.25) is 0 Å². The number of halogens is 2. The van der Waals surface area contributed by atoms with E-state index in [1.807, 2.05) is 6.07 Å². The minimum Gasteiger partial charge on any atom is -0.303 e. The number of rotatable bonds is 1. The molecule has 0 aliphatic carbocycles. The Balaban J connectivity index is 2.07. The van der Waals surface area contributed by atoms with Crippen molar-refractivity contribution >= 4 is 0 Å². The zero-order chi connectivity index (χ0) is 13.4. The van der Waals surface area contributed by atoms with Crippen LogP contribution in [0.1, 0.15) is 29.7 Å². The summed E-state index contributed by atoms with van der Waals surface area (Å²) in [5, 5.41) is 3.45. The molecule has 19 heavy (non-hydrogen) atoms. The van der Waals surface area contributed by atoms with Crippen molar-refractivity contribution in [3.8, 4) is 0 Å². The molecule has 1 nitrogen and oxygen atoms in total. The molecule has 2 aromatic rings. The van der Waals surface area contributed by atoms with E-state index in [2.05, 4.69) is 12.2 Å². The second-order valence-corrected chi connectivity index (χ2v) is 5.10. The van der Waals surface area contributed by atoms with Gasteiger partial charge in [-0.25, -0.2) is 8.78 Å². The molecule has 0 amide bonds. The maximum absolute atomic E-state index is 13.5. The van der Waals surface area contributed by atoms with Gasteiger partial charge < -0.3 is 5.32 Å². The van der Waals surface area contributed by atoms with Gasteiger partial charge in [-0.15, -0.1) is 0 Å². The Morgan fingerprint density at radius 3 is 2.42 bits per heavy atom. The lowest BCUT2D eigenvalue weighted by Gasteiger charge is -2.32. The summed E-state index contributed by atoms with van der Waals surface area (Å²) in [6.07, 6.45) is 0.882. The highest BCUT2D eigenvalue weighted by Gasteiger charge is 2.25. The molecule has 0 radical (unpaired) electrons. The topological polar surface area (TPSA) is 12.0 Å². The predicted molar refractivity (Wildman–Crippen MR) is 70.9 cm³/mol. The summed E-state index contributed by atoms with van der Waals surface area (Å²) in [5.74, 6) is -0.491. The summed E-state index contributed by atoms with van der Waals surface area (Å²) in [6.45, 7) is 2.10. The highest BCUT2D eigenvalue weighted by atomic mass is 19.1. The van der Waals surface area contributed by atoms with Gasteiger partial charge in [-0.05, 0) is 54.3 Å². The molecule has 0 spiro atoms. The molecule has 3 heteroatoms. The van der Waals surface area contributed by atoms with Crippen molar-refractivity contribution in [1.82, 2.24) is 5.32 Å². The van der Waals surface area contributed by atoms with Gasteiger partial charge >= 0.3 is 0 Å². The molecule has 2 unspecified atom stereocenters. The van der Waals surface area contributed by atoms with Crippen LogP contribution in [0.4, 0.5) is 8.78 Å². The van der Waals surface area contributed by atoms with Crippen molar-refractivity contribution in [2.75, 3.05) is 0 Å². The summed E-state index contributed by atoms with van der Waals surface area (Å²) < 4.78 is 26.5. The summed E-state index contributed by atoms with van der Waals surface area (Å²) in [6, 6.07) is 11.5. The van der Waals surface area contributed by atoms with Crippen LogP contribution >= 0.6 is 0 Å². The fraction of sp³-hybridized carbons (Fsp3) is 0.250. The standard InChI is InChI=1S/C16H15F2N/c1-10-8-12-4-7-14(18)9-15(12)16(19-10)11-2-5-13(17)6-3-11/h2-7,9-10,16,19H,8H2,1H3. The molecule has 1 aliphatic rings. The van der Waals surface area contributed by atoms with Crippen LogP contribution in [-0.2, 0) is 6.42 Å². The third kappa shape index (κ3) is 2.38. The first kappa shape index (κ1) is 12.3. The average molecular weight is 259 g/mol. The third-order valence-corrected chi connectivity index (χ3v) is 3.60. The number of hydrogen-bond acceptors (Lipinski definition) is 1. The van der Waals surface area contributed by atoms with Crippen LogP contribution in [0.3, 0.4) is 0 Å². The number of benzene rings is 2. The van der Waals surface area contributed by atoms with E-state index in [1.54, 1.807) is 18.2 Å². The molecule has 0 aromatic heterocycles. The number of hydrogen-bond donors (Lipinski definition) is 1. The largest absolute Gasteiger partial charge is 0.303 e. The highest BCUT2D eigenvalue weighted by molar-refractivity contribution is 5.40. The fourth-order valence-electron chi connectivity index (χ4n) is 2.71. The molecule has 2 aromatic carbocycles. The maximum atomic E-state index is 13.5. The Labute approximate surface area is 111 Å². The van der Waals surface area contributed by atoms with Gasteiger partial charge in [0.1, 0.15) is 11.6 Å². The van der Waals surface area contributed by atoms with E-state index < -0.39 is 0 Å². The zero-order valence-corrected chi connectivity index (χ0v) is 10.7. The van der Waals surface area contributed by atoms with E-state index in [4.69, 9.17) is 0 Å². The highest BCUT2D eigenvalue weighted by Crippen LogP contribution is 2.31. The normalized spacial score (nSPS) is 22.1. The van der Waals surface area contributed by atoms with Gasteiger partial charge in [0.05, 0.1) is 6.04 Å². The van der Waals surface area contributed by atoms with Crippen molar-refractivity contribution in [3.63, 3.8) is 0 Å². The monoisotopic (exact) mass is 259 g/mol. The first-order chi connectivity index (χ1) is 9.13. The third-order valence-electron chi connectivity index (χ3n) is 3.60. The second kappa shape index (κ2) is 4.74. The molecule has 0 bridgehead atoms. The molecule has 0 fully saturated rings. The Morgan fingerprint density at radius 1 is 1.00 bits per heavy atom. The van der Waals surface area contributed by atoms with Gasteiger partial charge in [-0.3, -0.25) is 0 Å². The smallest absolute Gasteiger partial charge is 0.123 e. The summed E-state index contributed by atoms with van der Waals surface area (Å²) in [4.78, 5) is 0. The lowest BCUT2D eigenvalue weighted by atomic mass is 9.87. The summed E-state index contributed by atoms with van der Waals surface area (Å²) >= 11 is 0. The number of nitrogens with one attached hydrogen (secondary N) is 1. The van der Waals surface area contributed by atoms with E-state index in [9.17, 15) is 8.78 Å². The maximum Gasteiger partial charge on any atom is 0.123 e. The second-order valence-electron chi connectivity index (χ2n) is 5.10.